The first-order valence-corrected chi connectivity index (χ1v) is 8.32. The predicted molar refractivity (Wildman–Crippen MR) is 95.2 cm³/mol. The molecule has 1 N–H and O–H groups in total. The average molecular weight is 326 g/mol. The molecular weight excluding hydrogens is 308 g/mol. The number of thiazole rings is 1. The van der Waals surface area contributed by atoms with Crippen LogP contribution in [0.4, 0.5) is 5.69 Å². The number of rotatable bonds is 4. The number of fused-ring (bicyclic) bond motifs is 1. The molecule has 4 nitrogen and oxygen atoms in total. The number of nitrogens with zero attached hydrogens (tertiary/aromatic N) is 1. The van der Waals surface area contributed by atoms with Crippen molar-refractivity contribution in [2.75, 3.05) is 5.32 Å². The Hall–Kier alpha value is -2.40. The van der Waals surface area contributed by atoms with Crippen LogP contribution >= 0.6 is 11.3 Å². The maximum absolute atomic E-state index is 12.1. The number of anilines is 1. The Morgan fingerprint density at radius 2 is 1.91 bits per heavy atom. The molecule has 23 heavy (non-hydrogen) atoms. The number of amides is 1. The van der Waals surface area contributed by atoms with E-state index in [1.165, 1.54) is 16.9 Å². The molecule has 0 fully saturated rings. The van der Waals surface area contributed by atoms with Crippen molar-refractivity contribution in [2.45, 2.75) is 26.8 Å². The van der Waals surface area contributed by atoms with Gasteiger partial charge >= 0.3 is 4.87 Å². The first-order chi connectivity index (χ1) is 11.0. The van der Waals surface area contributed by atoms with Crippen LogP contribution in [0, 0.1) is 13.8 Å². The first-order valence-electron chi connectivity index (χ1n) is 7.50. The van der Waals surface area contributed by atoms with E-state index < -0.39 is 0 Å². The summed E-state index contributed by atoms with van der Waals surface area (Å²) in [5.41, 5.74) is 4.02. The number of hydrogen-bond donors (Lipinski definition) is 1. The van der Waals surface area contributed by atoms with Gasteiger partial charge in [0.25, 0.3) is 0 Å². The fraction of sp³-hybridized carbons (Fsp3) is 0.222. The number of carbonyl (C=O) groups is 1. The Kier molecular flexibility index (Phi) is 4.30. The van der Waals surface area contributed by atoms with E-state index >= 15 is 0 Å². The third-order valence-electron chi connectivity index (χ3n) is 3.93. The van der Waals surface area contributed by atoms with E-state index in [0.29, 0.717) is 6.54 Å². The van der Waals surface area contributed by atoms with Crippen LogP contribution in [0.1, 0.15) is 17.5 Å². The number of carbonyl (C=O) groups excluding carboxylic acids is 1. The van der Waals surface area contributed by atoms with Crippen molar-refractivity contribution in [3.05, 3.63) is 63.3 Å². The molecule has 0 saturated carbocycles. The molecule has 1 heterocycles. The van der Waals surface area contributed by atoms with Gasteiger partial charge < -0.3 is 5.32 Å². The number of benzene rings is 2. The fourth-order valence-electron chi connectivity index (χ4n) is 2.48. The minimum atomic E-state index is -0.0876. The minimum Gasteiger partial charge on any atom is -0.326 e. The Bertz CT molecular complexity index is 924. The molecular formula is C18H18N2O2S. The van der Waals surface area contributed by atoms with Crippen molar-refractivity contribution in [3.8, 4) is 0 Å². The maximum atomic E-state index is 12.1. The highest BCUT2D eigenvalue weighted by Gasteiger charge is 2.09. The van der Waals surface area contributed by atoms with E-state index in [1.807, 2.05) is 56.3 Å². The standard InChI is InChI=1S/C18H18N2O2S/c1-12-7-8-14(11-13(12)2)19-17(21)9-10-20-15-5-3-4-6-16(15)23-18(20)22/h3-8,11H,9-10H2,1-2H3,(H,19,21). The zero-order chi connectivity index (χ0) is 16.4. The van der Waals surface area contributed by atoms with Gasteiger partial charge in [0.05, 0.1) is 10.2 Å². The summed E-state index contributed by atoms with van der Waals surface area (Å²) < 4.78 is 2.62. The van der Waals surface area contributed by atoms with Gasteiger partial charge in [-0.25, -0.2) is 0 Å². The zero-order valence-electron chi connectivity index (χ0n) is 13.1. The van der Waals surface area contributed by atoms with Crippen LogP contribution in [-0.2, 0) is 11.3 Å². The summed E-state index contributed by atoms with van der Waals surface area (Å²) in [7, 11) is 0. The van der Waals surface area contributed by atoms with Gasteiger partial charge in [0.2, 0.25) is 5.91 Å². The molecule has 1 amide bonds. The summed E-state index contributed by atoms with van der Waals surface area (Å²) in [5, 5.41) is 2.89. The largest absolute Gasteiger partial charge is 0.326 e. The monoisotopic (exact) mass is 326 g/mol. The summed E-state index contributed by atoms with van der Waals surface area (Å²) >= 11 is 1.21. The Morgan fingerprint density at radius 1 is 1.13 bits per heavy atom. The molecule has 5 heteroatoms. The number of hydrogen-bond acceptors (Lipinski definition) is 3. The third kappa shape index (κ3) is 3.35. The van der Waals surface area contributed by atoms with E-state index in [-0.39, 0.29) is 17.2 Å². The van der Waals surface area contributed by atoms with Gasteiger partial charge in [-0.2, -0.15) is 0 Å². The van der Waals surface area contributed by atoms with Crippen molar-refractivity contribution >= 4 is 33.1 Å². The Morgan fingerprint density at radius 3 is 2.70 bits per heavy atom. The normalized spacial score (nSPS) is 10.9. The number of nitrogens with one attached hydrogen (secondary N) is 1. The molecule has 0 unspecified atom stereocenters. The van der Waals surface area contributed by atoms with Crippen LogP contribution in [0.2, 0.25) is 0 Å². The van der Waals surface area contributed by atoms with Crippen LogP contribution < -0.4 is 10.2 Å². The third-order valence-corrected chi connectivity index (χ3v) is 4.89. The summed E-state index contributed by atoms with van der Waals surface area (Å²) in [4.78, 5) is 24.1. The maximum Gasteiger partial charge on any atom is 0.308 e. The molecule has 1 aromatic heterocycles. The van der Waals surface area contributed by atoms with Gasteiger partial charge in [0.1, 0.15) is 0 Å². The number of aryl methyl sites for hydroxylation is 3. The molecule has 0 spiro atoms. The molecule has 0 saturated heterocycles. The molecule has 0 aliphatic rings. The lowest BCUT2D eigenvalue weighted by atomic mass is 10.1. The van der Waals surface area contributed by atoms with Gasteiger partial charge in [-0.1, -0.05) is 29.5 Å². The minimum absolute atomic E-state index is 0.0230. The van der Waals surface area contributed by atoms with Crippen molar-refractivity contribution in [2.24, 2.45) is 0 Å². The second-order valence-electron chi connectivity index (χ2n) is 5.58. The summed E-state index contributed by atoms with van der Waals surface area (Å²) in [6.07, 6.45) is 0.271. The zero-order valence-corrected chi connectivity index (χ0v) is 13.9. The molecule has 0 atom stereocenters. The Balaban J connectivity index is 1.70. The number of para-hydroxylation sites is 1. The lowest BCUT2D eigenvalue weighted by Gasteiger charge is -2.08. The SMILES string of the molecule is Cc1ccc(NC(=O)CCn2c(=O)sc3ccccc32)cc1C. The van der Waals surface area contributed by atoms with Crippen molar-refractivity contribution in [1.29, 1.82) is 0 Å². The molecule has 0 radical (unpaired) electrons. The summed E-state index contributed by atoms with van der Waals surface area (Å²) in [6, 6.07) is 13.5. The quantitative estimate of drug-likeness (QED) is 0.794. The average Bonchev–Trinajstić information content (AvgIpc) is 2.84. The van der Waals surface area contributed by atoms with Crippen molar-refractivity contribution in [1.82, 2.24) is 4.57 Å². The first kappa shape index (κ1) is 15.5. The second-order valence-corrected chi connectivity index (χ2v) is 6.58. The van der Waals surface area contributed by atoms with Gasteiger partial charge in [0, 0.05) is 18.7 Å². The molecule has 2 aromatic carbocycles. The Labute approximate surface area is 138 Å². The topological polar surface area (TPSA) is 51.1 Å². The molecule has 0 aliphatic heterocycles. The lowest BCUT2D eigenvalue weighted by Crippen LogP contribution is -2.19. The number of aromatic nitrogens is 1. The molecule has 118 valence electrons. The predicted octanol–water partition coefficient (Wildman–Crippen LogP) is 3.71. The van der Waals surface area contributed by atoms with Crippen molar-refractivity contribution < 1.29 is 4.79 Å². The van der Waals surface area contributed by atoms with E-state index in [0.717, 1.165) is 21.5 Å². The van der Waals surface area contributed by atoms with Gasteiger partial charge in [-0.05, 0) is 49.2 Å². The fourth-order valence-corrected chi connectivity index (χ4v) is 3.40. The van der Waals surface area contributed by atoms with Crippen LogP contribution in [0.5, 0.6) is 0 Å². The van der Waals surface area contributed by atoms with E-state index in [1.54, 1.807) is 4.57 Å². The van der Waals surface area contributed by atoms with Crippen LogP contribution in [0.15, 0.2) is 47.3 Å². The molecule has 3 rings (SSSR count). The van der Waals surface area contributed by atoms with Crippen molar-refractivity contribution in [3.63, 3.8) is 0 Å². The highest BCUT2D eigenvalue weighted by molar-refractivity contribution is 7.16. The molecule has 0 bridgehead atoms. The van der Waals surface area contributed by atoms with Gasteiger partial charge in [-0.3, -0.25) is 14.2 Å². The van der Waals surface area contributed by atoms with E-state index in [4.69, 9.17) is 0 Å². The van der Waals surface area contributed by atoms with Gasteiger partial charge in [0.15, 0.2) is 0 Å². The lowest BCUT2D eigenvalue weighted by molar-refractivity contribution is -0.116. The molecule has 0 aliphatic carbocycles. The van der Waals surface area contributed by atoms with Crippen LogP contribution in [0.3, 0.4) is 0 Å². The summed E-state index contributed by atoms with van der Waals surface area (Å²) in [5.74, 6) is -0.0876. The summed E-state index contributed by atoms with van der Waals surface area (Å²) in [6.45, 7) is 4.44. The van der Waals surface area contributed by atoms with E-state index in [2.05, 4.69) is 5.32 Å². The smallest absolute Gasteiger partial charge is 0.308 e. The highest BCUT2D eigenvalue weighted by Crippen LogP contribution is 2.17. The van der Waals surface area contributed by atoms with Crippen LogP contribution in [0.25, 0.3) is 10.2 Å². The molecule has 3 aromatic rings. The van der Waals surface area contributed by atoms with E-state index in [9.17, 15) is 9.59 Å². The second kappa shape index (κ2) is 6.38. The van der Waals surface area contributed by atoms with Gasteiger partial charge in [-0.15, -0.1) is 0 Å². The highest BCUT2D eigenvalue weighted by atomic mass is 32.1. The van der Waals surface area contributed by atoms with Crippen LogP contribution in [-0.4, -0.2) is 10.5 Å².